The monoisotopic (exact) mass is 589 g/mol. The Bertz CT molecular complexity index is 1370. The van der Waals surface area contributed by atoms with E-state index in [2.05, 4.69) is 13.5 Å². The molecule has 0 radical (unpaired) electrons. The minimum Gasteiger partial charge on any atom is -0.494 e. The molecule has 3 rings (SSSR count). The highest BCUT2D eigenvalue weighted by Crippen LogP contribution is 2.33. The molecule has 0 atom stereocenters. The van der Waals surface area contributed by atoms with Gasteiger partial charge in [-0.05, 0) is 79.8 Å². The van der Waals surface area contributed by atoms with Gasteiger partial charge in [0.05, 0.1) is 30.3 Å². The van der Waals surface area contributed by atoms with Crippen molar-refractivity contribution in [2.75, 3.05) is 19.8 Å². The van der Waals surface area contributed by atoms with Crippen LogP contribution < -0.4 is 14.2 Å². The topological polar surface area (TPSA) is 114 Å². The zero-order valence-corrected chi connectivity index (χ0v) is 24.8. The quantitative estimate of drug-likeness (QED) is 0.0365. The Balaban J connectivity index is 1.46. The van der Waals surface area contributed by atoms with E-state index in [4.69, 9.17) is 18.9 Å². The normalized spacial score (nSPS) is 10.6. The highest BCUT2D eigenvalue weighted by Gasteiger charge is 2.20. The molecule has 9 nitrogen and oxygen atoms in total. The summed E-state index contributed by atoms with van der Waals surface area (Å²) in [5.74, 6) is 0.160. The first-order valence-corrected chi connectivity index (χ1v) is 14.6. The minimum absolute atomic E-state index is 0.132. The van der Waals surface area contributed by atoms with Gasteiger partial charge < -0.3 is 18.9 Å². The van der Waals surface area contributed by atoms with E-state index in [0.717, 1.165) is 56.3 Å². The van der Waals surface area contributed by atoms with Crippen LogP contribution in [0.4, 0.5) is 5.69 Å². The molecule has 0 heterocycles. The number of rotatable bonds is 18. The molecule has 0 aliphatic carbocycles. The first-order valence-electron chi connectivity index (χ1n) is 14.6. The van der Waals surface area contributed by atoms with Crippen LogP contribution in [0.2, 0.25) is 0 Å². The lowest BCUT2D eigenvalue weighted by atomic mass is 10.0. The van der Waals surface area contributed by atoms with Crippen molar-refractivity contribution < 1.29 is 33.5 Å². The molecule has 0 bridgehead atoms. The Morgan fingerprint density at radius 1 is 0.767 bits per heavy atom. The van der Waals surface area contributed by atoms with Crippen LogP contribution in [0, 0.1) is 10.1 Å². The SMILES string of the molecule is C=C(C)C(=O)OCCCCCCCOc1ccc(C(=O)Oc2ccc(-c3ccc(OCCCC)cc3)cc2[N+](=O)[O-])cc1. The largest absolute Gasteiger partial charge is 0.494 e. The molecule has 0 amide bonds. The third kappa shape index (κ3) is 10.9. The van der Waals surface area contributed by atoms with Gasteiger partial charge in [0.25, 0.3) is 0 Å². The number of ether oxygens (including phenoxy) is 4. The van der Waals surface area contributed by atoms with Gasteiger partial charge >= 0.3 is 17.6 Å². The Morgan fingerprint density at radius 2 is 1.33 bits per heavy atom. The standard InChI is InChI=1S/C34H39NO8/c1-4-5-21-40-29-16-11-26(12-17-29)28-15-20-32(31(24-28)35(38)39)43-34(37)27-13-18-30(19-14-27)41-22-9-7-6-8-10-23-42-33(36)25(2)3/h11-20,24H,2,4-10,21-23H2,1,3H3. The summed E-state index contributed by atoms with van der Waals surface area (Å²) in [5, 5.41) is 11.8. The summed E-state index contributed by atoms with van der Waals surface area (Å²) >= 11 is 0. The first-order chi connectivity index (χ1) is 20.8. The Hall–Kier alpha value is -4.66. The van der Waals surface area contributed by atoms with Gasteiger partial charge in [0, 0.05) is 11.6 Å². The summed E-state index contributed by atoms with van der Waals surface area (Å²) in [6.07, 6.45) is 6.64. The van der Waals surface area contributed by atoms with Crippen molar-refractivity contribution >= 4 is 17.6 Å². The van der Waals surface area contributed by atoms with Gasteiger partial charge in [-0.1, -0.05) is 57.4 Å². The van der Waals surface area contributed by atoms with Crippen molar-refractivity contribution in [1.82, 2.24) is 0 Å². The molecule has 3 aromatic rings. The molecule has 228 valence electrons. The van der Waals surface area contributed by atoms with E-state index in [0.29, 0.717) is 36.7 Å². The lowest BCUT2D eigenvalue weighted by Gasteiger charge is -2.10. The van der Waals surface area contributed by atoms with Gasteiger partial charge in [0.2, 0.25) is 5.75 Å². The third-order valence-corrected chi connectivity index (χ3v) is 6.54. The van der Waals surface area contributed by atoms with Crippen molar-refractivity contribution in [3.05, 3.63) is 94.6 Å². The van der Waals surface area contributed by atoms with Crippen LogP contribution in [0.25, 0.3) is 11.1 Å². The fraction of sp³-hybridized carbons (Fsp3) is 0.353. The van der Waals surface area contributed by atoms with Crippen molar-refractivity contribution in [2.45, 2.75) is 58.8 Å². The van der Waals surface area contributed by atoms with E-state index in [9.17, 15) is 19.7 Å². The zero-order chi connectivity index (χ0) is 31.0. The number of nitrogens with zero attached hydrogens (tertiary/aromatic N) is 1. The minimum atomic E-state index is -0.704. The molecule has 0 saturated heterocycles. The second kappa shape index (κ2) is 17.3. The van der Waals surface area contributed by atoms with Crippen LogP contribution in [-0.4, -0.2) is 36.7 Å². The van der Waals surface area contributed by atoms with Gasteiger partial charge in [-0.2, -0.15) is 0 Å². The summed E-state index contributed by atoms with van der Waals surface area (Å²) in [7, 11) is 0. The fourth-order valence-electron chi connectivity index (χ4n) is 4.06. The molecule has 0 N–H and O–H groups in total. The molecular weight excluding hydrogens is 550 g/mol. The second-order valence-electron chi connectivity index (χ2n) is 10.1. The molecule has 0 spiro atoms. The van der Waals surface area contributed by atoms with Crippen LogP contribution in [0.3, 0.4) is 0 Å². The van der Waals surface area contributed by atoms with Crippen molar-refractivity contribution in [1.29, 1.82) is 0 Å². The zero-order valence-electron chi connectivity index (χ0n) is 24.8. The van der Waals surface area contributed by atoms with E-state index in [-0.39, 0.29) is 23.0 Å². The van der Waals surface area contributed by atoms with Crippen molar-refractivity contribution in [3.8, 4) is 28.4 Å². The number of hydrogen-bond donors (Lipinski definition) is 0. The van der Waals surface area contributed by atoms with Crippen LogP contribution >= 0.6 is 0 Å². The van der Waals surface area contributed by atoms with E-state index in [1.54, 1.807) is 37.3 Å². The summed E-state index contributed by atoms with van der Waals surface area (Å²) in [6, 6.07) is 18.3. The Morgan fingerprint density at radius 3 is 1.93 bits per heavy atom. The molecule has 0 aliphatic rings. The number of carbonyl (C=O) groups excluding carboxylic acids is 2. The van der Waals surface area contributed by atoms with Crippen LogP contribution in [0.5, 0.6) is 17.2 Å². The number of esters is 2. The van der Waals surface area contributed by atoms with Gasteiger partial charge in [0.15, 0.2) is 0 Å². The maximum absolute atomic E-state index is 12.7. The number of carbonyl (C=O) groups is 2. The van der Waals surface area contributed by atoms with Gasteiger partial charge in [-0.25, -0.2) is 9.59 Å². The van der Waals surface area contributed by atoms with E-state index >= 15 is 0 Å². The predicted octanol–water partition coefficient (Wildman–Crippen LogP) is 8.11. The number of hydrogen-bond acceptors (Lipinski definition) is 8. The summed E-state index contributed by atoms with van der Waals surface area (Å²) in [6.45, 7) is 8.84. The van der Waals surface area contributed by atoms with E-state index in [1.165, 1.54) is 12.1 Å². The highest BCUT2D eigenvalue weighted by molar-refractivity contribution is 5.92. The second-order valence-corrected chi connectivity index (χ2v) is 10.1. The molecule has 0 aliphatic heterocycles. The number of benzene rings is 3. The Kier molecular flexibility index (Phi) is 13.2. The molecule has 43 heavy (non-hydrogen) atoms. The molecule has 0 saturated carbocycles. The predicted molar refractivity (Wildman–Crippen MR) is 165 cm³/mol. The highest BCUT2D eigenvalue weighted by atomic mass is 16.6. The lowest BCUT2D eigenvalue weighted by molar-refractivity contribution is -0.385. The molecule has 0 aromatic heterocycles. The van der Waals surface area contributed by atoms with E-state index < -0.39 is 10.9 Å². The average molecular weight is 590 g/mol. The van der Waals surface area contributed by atoms with Gasteiger partial charge in [-0.15, -0.1) is 0 Å². The van der Waals surface area contributed by atoms with Crippen molar-refractivity contribution in [2.24, 2.45) is 0 Å². The fourth-order valence-corrected chi connectivity index (χ4v) is 4.06. The number of nitro benzene ring substituents is 1. The number of nitro groups is 1. The maximum atomic E-state index is 12.7. The molecular formula is C34H39NO8. The van der Waals surface area contributed by atoms with Gasteiger partial charge in [-0.3, -0.25) is 10.1 Å². The first kappa shape index (κ1) is 32.8. The summed E-state index contributed by atoms with van der Waals surface area (Å²) < 4.78 is 21.9. The molecule has 0 fully saturated rings. The smallest absolute Gasteiger partial charge is 0.343 e. The van der Waals surface area contributed by atoms with E-state index in [1.807, 2.05) is 24.3 Å². The maximum Gasteiger partial charge on any atom is 0.343 e. The van der Waals surface area contributed by atoms with Gasteiger partial charge in [0.1, 0.15) is 11.5 Å². The summed E-state index contributed by atoms with van der Waals surface area (Å²) in [5.41, 5.74) is 1.75. The van der Waals surface area contributed by atoms with Crippen LogP contribution in [0.15, 0.2) is 78.9 Å². The molecule has 3 aromatic carbocycles. The lowest BCUT2D eigenvalue weighted by Crippen LogP contribution is -2.10. The molecule has 0 unspecified atom stereocenters. The van der Waals surface area contributed by atoms with Crippen molar-refractivity contribution in [3.63, 3.8) is 0 Å². The Labute approximate surface area is 252 Å². The van der Waals surface area contributed by atoms with Crippen LogP contribution in [0.1, 0.15) is 69.2 Å². The van der Waals surface area contributed by atoms with Crippen LogP contribution in [-0.2, 0) is 9.53 Å². The number of unbranched alkanes of at least 4 members (excludes halogenated alkanes) is 5. The molecule has 9 heteroatoms. The third-order valence-electron chi connectivity index (χ3n) is 6.54. The summed E-state index contributed by atoms with van der Waals surface area (Å²) in [4.78, 5) is 35.3. The average Bonchev–Trinajstić information content (AvgIpc) is 3.01.